The average molecular weight is 410 g/mol. The van der Waals surface area contributed by atoms with Crippen LogP contribution in [0.25, 0.3) is 11.4 Å². The van der Waals surface area contributed by atoms with Gasteiger partial charge in [-0.1, -0.05) is 35.9 Å². The number of H-pyrrole nitrogens is 1. The van der Waals surface area contributed by atoms with Crippen molar-refractivity contribution in [1.29, 1.82) is 0 Å². The second kappa shape index (κ2) is 8.83. The van der Waals surface area contributed by atoms with E-state index in [0.29, 0.717) is 22.7 Å². The van der Waals surface area contributed by atoms with E-state index in [-0.39, 0.29) is 18.4 Å². The van der Waals surface area contributed by atoms with Crippen molar-refractivity contribution in [1.82, 2.24) is 19.7 Å². The Balaban J connectivity index is 1.73. The largest absolute Gasteiger partial charge is 0.465 e. The molecule has 0 unspecified atom stereocenters. The molecule has 3 aromatic rings. The molecule has 0 bridgehead atoms. The number of carbonyl (C=O) groups is 2. The maximum Gasteiger partial charge on any atom is 0.337 e. The van der Waals surface area contributed by atoms with Crippen molar-refractivity contribution in [3.63, 3.8) is 0 Å². The molecule has 1 amide bonds. The van der Waals surface area contributed by atoms with Gasteiger partial charge in [0.05, 0.1) is 12.7 Å². The molecular weight excluding hydrogens is 388 g/mol. The number of likely N-dealkylation sites (N-methyl/N-ethyl adjacent to an activating group) is 1. The number of carbonyl (C=O) groups excluding carboxylic acids is 2. The number of aromatic amines is 1. The SMILES string of the molecule is COC(=O)c1ccc(CN(C)C(=O)Cn2c(-c3cccc(C)c3)n[nH]c2=S)cc1. The number of amides is 1. The minimum Gasteiger partial charge on any atom is -0.465 e. The first-order chi connectivity index (χ1) is 13.9. The van der Waals surface area contributed by atoms with Gasteiger partial charge in [0.25, 0.3) is 0 Å². The van der Waals surface area contributed by atoms with Gasteiger partial charge >= 0.3 is 5.97 Å². The first-order valence-corrected chi connectivity index (χ1v) is 9.43. The second-order valence-electron chi connectivity index (χ2n) is 6.75. The molecule has 0 aliphatic heterocycles. The fraction of sp³-hybridized carbons (Fsp3) is 0.238. The third-order valence-electron chi connectivity index (χ3n) is 4.55. The van der Waals surface area contributed by atoms with E-state index in [0.717, 1.165) is 16.7 Å². The summed E-state index contributed by atoms with van der Waals surface area (Å²) in [7, 11) is 3.07. The van der Waals surface area contributed by atoms with Crippen LogP contribution in [-0.2, 0) is 22.6 Å². The highest BCUT2D eigenvalue weighted by Gasteiger charge is 2.16. The third-order valence-corrected chi connectivity index (χ3v) is 4.86. The molecule has 1 N–H and O–H groups in total. The van der Waals surface area contributed by atoms with Crippen molar-refractivity contribution in [3.05, 3.63) is 70.0 Å². The van der Waals surface area contributed by atoms with Crippen molar-refractivity contribution < 1.29 is 14.3 Å². The Bertz CT molecular complexity index is 1090. The van der Waals surface area contributed by atoms with Crippen molar-refractivity contribution in [2.75, 3.05) is 14.2 Å². The number of hydrogen-bond acceptors (Lipinski definition) is 5. The number of methoxy groups -OCH3 is 1. The van der Waals surface area contributed by atoms with Crippen LogP contribution in [0, 0.1) is 11.7 Å². The van der Waals surface area contributed by atoms with Crippen LogP contribution in [0.4, 0.5) is 0 Å². The lowest BCUT2D eigenvalue weighted by atomic mass is 10.1. The summed E-state index contributed by atoms with van der Waals surface area (Å²) in [5.74, 6) is 0.135. The summed E-state index contributed by atoms with van der Waals surface area (Å²) in [4.78, 5) is 25.9. The number of nitrogens with zero attached hydrogens (tertiary/aromatic N) is 3. The molecule has 0 saturated carbocycles. The lowest BCUT2D eigenvalue weighted by Gasteiger charge is -2.18. The highest BCUT2D eigenvalue weighted by molar-refractivity contribution is 7.71. The summed E-state index contributed by atoms with van der Waals surface area (Å²) in [5, 5.41) is 7.06. The van der Waals surface area contributed by atoms with Gasteiger partial charge in [-0.25, -0.2) is 4.79 Å². The first kappa shape index (κ1) is 20.5. The minimum absolute atomic E-state index is 0.0787. The fourth-order valence-electron chi connectivity index (χ4n) is 2.95. The number of nitrogens with one attached hydrogen (secondary N) is 1. The molecule has 0 fully saturated rings. The van der Waals surface area contributed by atoms with Gasteiger partial charge in [-0.15, -0.1) is 0 Å². The van der Waals surface area contributed by atoms with Crippen LogP contribution < -0.4 is 0 Å². The Labute approximate surface area is 173 Å². The van der Waals surface area contributed by atoms with Crippen molar-refractivity contribution in [2.24, 2.45) is 0 Å². The number of hydrogen-bond donors (Lipinski definition) is 1. The molecule has 8 heteroatoms. The highest BCUT2D eigenvalue weighted by Crippen LogP contribution is 2.19. The molecule has 1 heterocycles. The van der Waals surface area contributed by atoms with E-state index in [1.165, 1.54) is 7.11 Å². The molecule has 0 aliphatic carbocycles. The van der Waals surface area contributed by atoms with E-state index in [9.17, 15) is 9.59 Å². The molecule has 0 spiro atoms. The second-order valence-corrected chi connectivity index (χ2v) is 7.13. The van der Waals surface area contributed by atoms with Crippen LogP contribution in [0.1, 0.15) is 21.5 Å². The quantitative estimate of drug-likeness (QED) is 0.498. The number of benzene rings is 2. The van der Waals surface area contributed by atoms with Gasteiger partial charge in [0, 0.05) is 19.2 Å². The summed E-state index contributed by atoms with van der Waals surface area (Å²) < 4.78 is 6.79. The van der Waals surface area contributed by atoms with Crippen LogP contribution >= 0.6 is 12.2 Å². The van der Waals surface area contributed by atoms with Crippen molar-refractivity contribution in [2.45, 2.75) is 20.0 Å². The van der Waals surface area contributed by atoms with E-state index in [2.05, 4.69) is 10.2 Å². The van der Waals surface area contributed by atoms with Crippen molar-refractivity contribution in [3.8, 4) is 11.4 Å². The van der Waals surface area contributed by atoms with E-state index < -0.39 is 0 Å². The molecule has 150 valence electrons. The molecule has 7 nitrogen and oxygen atoms in total. The van der Waals surface area contributed by atoms with Gasteiger partial charge < -0.3 is 9.64 Å². The Morgan fingerprint density at radius 3 is 2.59 bits per heavy atom. The number of aryl methyl sites for hydroxylation is 1. The Kier molecular flexibility index (Phi) is 6.23. The molecule has 1 aromatic heterocycles. The Morgan fingerprint density at radius 2 is 1.93 bits per heavy atom. The smallest absolute Gasteiger partial charge is 0.337 e. The maximum absolute atomic E-state index is 12.8. The lowest BCUT2D eigenvalue weighted by Crippen LogP contribution is -2.30. The van der Waals surface area contributed by atoms with E-state index in [1.807, 2.05) is 31.2 Å². The summed E-state index contributed by atoms with van der Waals surface area (Å²) in [6.45, 7) is 2.49. The van der Waals surface area contributed by atoms with Crippen molar-refractivity contribution >= 4 is 24.1 Å². The topological polar surface area (TPSA) is 80.2 Å². The number of esters is 1. The van der Waals surface area contributed by atoms with Crippen LogP contribution in [0.15, 0.2) is 48.5 Å². The van der Waals surface area contributed by atoms with Gasteiger partial charge in [-0.05, 0) is 42.9 Å². The average Bonchev–Trinajstić information content (AvgIpc) is 3.08. The van der Waals surface area contributed by atoms with E-state index in [4.69, 9.17) is 17.0 Å². The molecule has 0 saturated heterocycles. The number of aromatic nitrogens is 3. The van der Waals surface area contributed by atoms with Gasteiger partial charge in [-0.3, -0.25) is 14.5 Å². The summed E-state index contributed by atoms with van der Waals surface area (Å²) in [6, 6.07) is 14.8. The number of ether oxygens (including phenoxy) is 1. The summed E-state index contributed by atoms with van der Waals surface area (Å²) >= 11 is 5.32. The predicted octanol–water partition coefficient (Wildman–Crippen LogP) is 3.36. The van der Waals surface area contributed by atoms with Crippen LogP contribution in [0.5, 0.6) is 0 Å². The first-order valence-electron chi connectivity index (χ1n) is 9.02. The molecule has 29 heavy (non-hydrogen) atoms. The zero-order valence-electron chi connectivity index (χ0n) is 16.5. The monoisotopic (exact) mass is 410 g/mol. The van der Waals surface area contributed by atoms with Crippen LogP contribution in [0.3, 0.4) is 0 Å². The predicted molar refractivity (Wildman–Crippen MR) is 112 cm³/mol. The molecule has 2 aromatic carbocycles. The van der Waals surface area contributed by atoms with Gasteiger partial charge in [0.15, 0.2) is 10.6 Å². The number of rotatable bonds is 6. The van der Waals surface area contributed by atoms with Gasteiger partial charge in [0.1, 0.15) is 6.54 Å². The van der Waals surface area contributed by atoms with Crippen LogP contribution in [-0.4, -0.2) is 45.7 Å². The molecule has 0 atom stereocenters. The fourth-order valence-corrected chi connectivity index (χ4v) is 3.15. The maximum atomic E-state index is 12.8. The standard InChI is InChI=1S/C21H22N4O3S/c1-14-5-4-6-17(11-14)19-22-23-21(29)25(19)13-18(26)24(2)12-15-7-9-16(10-8-15)20(27)28-3/h4-11H,12-13H2,1-3H3,(H,23,29). The normalized spacial score (nSPS) is 10.6. The Hall–Kier alpha value is -3.26. The van der Waals surface area contributed by atoms with Gasteiger partial charge in [-0.2, -0.15) is 5.10 Å². The molecule has 3 rings (SSSR count). The summed E-state index contributed by atoms with van der Waals surface area (Å²) in [6.07, 6.45) is 0. The molecular formula is C21H22N4O3S. The highest BCUT2D eigenvalue weighted by atomic mass is 32.1. The minimum atomic E-state index is -0.390. The molecule has 0 aliphatic rings. The third kappa shape index (κ3) is 4.78. The summed E-state index contributed by atoms with van der Waals surface area (Å²) in [5.41, 5.74) is 3.37. The van der Waals surface area contributed by atoms with E-state index in [1.54, 1.807) is 40.8 Å². The van der Waals surface area contributed by atoms with E-state index >= 15 is 0 Å². The van der Waals surface area contributed by atoms with Crippen LogP contribution in [0.2, 0.25) is 0 Å². The zero-order chi connectivity index (χ0) is 21.0. The molecule has 0 radical (unpaired) electrons. The lowest BCUT2D eigenvalue weighted by molar-refractivity contribution is -0.131. The zero-order valence-corrected chi connectivity index (χ0v) is 17.3. The van der Waals surface area contributed by atoms with Gasteiger partial charge in [0.2, 0.25) is 5.91 Å². The Morgan fingerprint density at radius 1 is 1.21 bits per heavy atom.